The Morgan fingerprint density at radius 1 is 1.15 bits per heavy atom. The molecule has 0 amide bonds. The first kappa shape index (κ1) is 22.9. The fraction of sp³-hybridized carbons (Fsp3) is 0.500. The Labute approximate surface area is 164 Å². The van der Waals surface area contributed by atoms with Crippen LogP contribution in [0.25, 0.3) is 0 Å². The summed E-state index contributed by atoms with van der Waals surface area (Å²) in [5, 5.41) is 0. The number of aryl methyl sites for hydroxylation is 1. The molecule has 148 valence electrons. The van der Waals surface area contributed by atoms with Crippen LogP contribution in [0.4, 0.5) is 0 Å². The van der Waals surface area contributed by atoms with E-state index in [0.29, 0.717) is 18.1 Å². The van der Waals surface area contributed by atoms with Crippen LogP contribution in [0.2, 0.25) is 0 Å². The number of rotatable bonds is 9. The molecular formula is C24H34O3. The lowest BCUT2D eigenvalue weighted by molar-refractivity contribution is -0.140. The van der Waals surface area contributed by atoms with Crippen LogP contribution in [0.1, 0.15) is 63.9 Å². The van der Waals surface area contributed by atoms with Gasteiger partial charge in [-0.25, -0.2) is 0 Å². The highest BCUT2D eigenvalue weighted by atomic mass is 16.5. The van der Waals surface area contributed by atoms with Crippen LogP contribution >= 0.6 is 0 Å². The van der Waals surface area contributed by atoms with Gasteiger partial charge in [0.1, 0.15) is 5.78 Å². The third-order valence-electron chi connectivity index (χ3n) is 4.59. The Kier molecular flexibility index (Phi) is 12.7. The van der Waals surface area contributed by atoms with Crippen LogP contribution in [-0.2, 0) is 20.7 Å². The molecule has 0 radical (unpaired) electrons. The number of carbonyl (C=O) groups excluding carboxylic acids is 2. The van der Waals surface area contributed by atoms with E-state index in [4.69, 9.17) is 0 Å². The maximum Gasteiger partial charge on any atom is 0.305 e. The molecule has 1 aliphatic rings. The van der Waals surface area contributed by atoms with Gasteiger partial charge in [-0.05, 0) is 56.9 Å². The topological polar surface area (TPSA) is 43.4 Å². The number of Topliss-reactive ketones (excluding diaryl/α,β-unsaturated/α-hetero) is 1. The molecule has 0 bridgehead atoms. The normalized spacial score (nSPS) is 16.5. The molecule has 1 aliphatic carbocycles. The highest BCUT2D eigenvalue weighted by Crippen LogP contribution is 2.23. The quantitative estimate of drug-likeness (QED) is 0.311. The minimum absolute atomic E-state index is 0.121. The predicted octanol–water partition coefficient (Wildman–Crippen LogP) is 5.84. The summed E-state index contributed by atoms with van der Waals surface area (Å²) in [6, 6.07) is 10.6. The van der Waals surface area contributed by atoms with Crippen molar-refractivity contribution in [1.29, 1.82) is 0 Å². The van der Waals surface area contributed by atoms with Crippen molar-refractivity contribution in [2.75, 3.05) is 7.11 Å². The van der Waals surface area contributed by atoms with Crippen LogP contribution in [0, 0.1) is 5.92 Å². The molecule has 1 aromatic carbocycles. The summed E-state index contributed by atoms with van der Waals surface area (Å²) in [5.74, 6) is 0.840. The monoisotopic (exact) mass is 370 g/mol. The molecule has 0 aromatic heterocycles. The van der Waals surface area contributed by atoms with Crippen molar-refractivity contribution in [2.45, 2.75) is 64.7 Å². The number of esters is 1. The van der Waals surface area contributed by atoms with E-state index in [2.05, 4.69) is 47.2 Å². The Balaban J connectivity index is 0.000000314. The molecule has 1 aromatic rings. The number of benzene rings is 1. The van der Waals surface area contributed by atoms with Crippen LogP contribution in [0.3, 0.4) is 0 Å². The van der Waals surface area contributed by atoms with Gasteiger partial charge < -0.3 is 4.74 Å². The number of ether oxygens (including phenoxy) is 1. The zero-order valence-corrected chi connectivity index (χ0v) is 16.9. The number of allylic oxidation sites excluding steroid dienone is 4. The van der Waals surface area contributed by atoms with E-state index in [1.54, 1.807) is 0 Å². The summed E-state index contributed by atoms with van der Waals surface area (Å²) in [6.07, 6.45) is 17.0. The molecule has 0 aliphatic heterocycles. The van der Waals surface area contributed by atoms with Crippen LogP contribution < -0.4 is 0 Å². The van der Waals surface area contributed by atoms with Gasteiger partial charge in [0.25, 0.3) is 0 Å². The van der Waals surface area contributed by atoms with Gasteiger partial charge in [0.05, 0.1) is 7.11 Å². The summed E-state index contributed by atoms with van der Waals surface area (Å²) in [7, 11) is 1.41. The van der Waals surface area contributed by atoms with E-state index in [0.717, 1.165) is 44.9 Å². The van der Waals surface area contributed by atoms with Crippen molar-refractivity contribution in [3.05, 3.63) is 60.2 Å². The summed E-state index contributed by atoms with van der Waals surface area (Å²) in [4.78, 5) is 21.6. The number of unbranched alkanes of at least 4 members (excludes halogenated alkanes) is 2. The predicted molar refractivity (Wildman–Crippen MR) is 112 cm³/mol. The summed E-state index contributed by atoms with van der Waals surface area (Å²) < 4.78 is 4.47. The summed E-state index contributed by atoms with van der Waals surface area (Å²) in [5.41, 5.74) is 1.41. The second kappa shape index (κ2) is 15.0. The molecule has 27 heavy (non-hydrogen) atoms. The van der Waals surface area contributed by atoms with Gasteiger partial charge in [0.15, 0.2) is 0 Å². The van der Waals surface area contributed by atoms with E-state index in [1.807, 2.05) is 19.1 Å². The maximum atomic E-state index is 11.1. The molecule has 1 fully saturated rings. The molecule has 1 saturated carbocycles. The number of ketones is 1. The maximum absolute atomic E-state index is 11.1. The smallest absolute Gasteiger partial charge is 0.305 e. The SMILES string of the molecule is C/C=C\CCCC(=O)OC.O=C1CC[C@H](/C=C/CCCc2ccccc2)C1. The third kappa shape index (κ3) is 12.0. The second-order valence-electron chi connectivity index (χ2n) is 6.88. The van der Waals surface area contributed by atoms with Gasteiger partial charge >= 0.3 is 5.97 Å². The number of hydrogen-bond acceptors (Lipinski definition) is 3. The summed E-state index contributed by atoms with van der Waals surface area (Å²) in [6.45, 7) is 1.97. The lowest BCUT2D eigenvalue weighted by Crippen LogP contribution is -1.98. The highest BCUT2D eigenvalue weighted by molar-refractivity contribution is 5.80. The van der Waals surface area contributed by atoms with Gasteiger partial charge in [-0.2, -0.15) is 0 Å². The average molecular weight is 371 g/mol. The molecule has 1 atom stereocenters. The van der Waals surface area contributed by atoms with Crippen molar-refractivity contribution in [1.82, 2.24) is 0 Å². The van der Waals surface area contributed by atoms with Gasteiger partial charge in [-0.3, -0.25) is 9.59 Å². The first-order chi connectivity index (χ1) is 13.2. The first-order valence-electron chi connectivity index (χ1n) is 10.1. The van der Waals surface area contributed by atoms with E-state index in [9.17, 15) is 9.59 Å². The zero-order valence-electron chi connectivity index (χ0n) is 16.9. The van der Waals surface area contributed by atoms with Gasteiger partial charge in [-0.15, -0.1) is 0 Å². The number of carbonyl (C=O) groups is 2. The van der Waals surface area contributed by atoms with Gasteiger partial charge in [0.2, 0.25) is 0 Å². The molecule has 0 saturated heterocycles. The lowest BCUT2D eigenvalue weighted by atomic mass is 10.1. The van der Waals surface area contributed by atoms with Crippen LogP contribution in [-0.4, -0.2) is 18.9 Å². The molecule has 0 spiro atoms. The third-order valence-corrected chi connectivity index (χ3v) is 4.59. The van der Waals surface area contributed by atoms with Gasteiger partial charge in [0, 0.05) is 19.3 Å². The van der Waals surface area contributed by atoms with E-state index < -0.39 is 0 Å². The van der Waals surface area contributed by atoms with Crippen LogP contribution in [0.15, 0.2) is 54.6 Å². The molecule has 0 N–H and O–H groups in total. The second-order valence-corrected chi connectivity index (χ2v) is 6.88. The Morgan fingerprint density at radius 2 is 1.89 bits per heavy atom. The number of hydrogen-bond donors (Lipinski definition) is 0. The van der Waals surface area contributed by atoms with Crippen molar-refractivity contribution in [3.63, 3.8) is 0 Å². The average Bonchev–Trinajstić information content (AvgIpc) is 3.11. The van der Waals surface area contributed by atoms with E-state index in [-0.39, 0.29) is 5.97 Å². The van der Waals surface area contributed by atoms with E-state index in [1.165, 1.54) is 19.1 Å². The van der Waals surface area contributed by atoms with E-state index >= 15 is 0 Å². The van der Waals surface area contributed by atoms with Crippen molar-refractivity contribution < 1.29 is 14.3 Å². The number of methoxy groups -OCH3 is 1. The van der Waals surface area contributed by atoms with Crippen LogP contribution in [0.5, 0.6) is 0 Å². The van der Waals surface area contributed by atoms with Crippen molar-refractivity contribution >= 4 is 11.8 Å². The van der Waals surface area contributed by atoms with Crippen molar-refractivity contribution in [3.8, 4) is 0 Å². The Bertz CT molecular complexity index is 587. The largest absolute Gasteiger partial charge is 0.469 e. The summed E-state index contributed by atoms with van der Waals surface area (Å²) >= 11 is 0. The fourth-order valence-electron chi connectivity index (χ4n) is 3.00. The van der Waals surface area contributed by atoms with Crippen molar-refractivity contribution in [2.24, 2.45) is 5.92 Å². The zero-order chi connectivity index (χ0) is 19.7. The first-order valence-corrected chi connectivity index (χ1v) is 10.1. The molecule has 0 unspecified atom stereocenters. The Morgan fingerprint density at radius 3 is 2.52 bits per heavy atom. The lowest BCUT2D eigenvalue weighted by Gasteiger charge is -2.00. The molecule has 2 rings (SSSR count). The molecule has 3 nitrogen and oxygen atoms in total. The Hall–Kier alpha value is -2.16. The molecular weight excluding hydrogens is 336 g/mol. The minimum atomic E-state index is -0.121. The minimum Gasteiger partial charge on any atom is -0.469 e. The highest BCUT2D eigenvalue weighted by Gasteiger charge is 2.18. The van der Waals surface area contributed by atoms with Gasteiger partial charge in [-0.1, -0.05) is 54.6 Å². The standard InChI is InChI=1S/C16H20O.C8H14O2/c17-16-12-11-15(13-16)10-6-2-5-9-14-7-3-1-4-8-14;1-3-4-5-6-7-8(9)10-2/h1,3-4,6-8,10,15H,2,5,9,11-13H2;3-4H,5-7H2,1-2H3/b10-6+;4-3-/t15-;/m0./s1. The molecule has 0 heterocycles. The fourth-order valence-corrected chi connectivity index (χ4v) is 3.00. The molecule has 3 heteroatoms.